The molecule has 1 N–H and O–H groups in total. The number of carbonyl (C=O) groups is 1. The Morgan fingerprint density at radius 3 is 2.74 bits per heavy atom. The summed E-state index contributed by atoms with van der Waals surface area (Å²) in [4.78, 5) is 11.7. The minimum absolute atomic E-state index is 0.117. The van der Waals surface area contributed by atoms with E-state index in [1.807, 2.05) is 42.5 Å². The van der Waals surface area contributed by atoms with Gasteiger partial charge < -0.3 is 5.32 Å². The first-order chi connectivity index (χ1) is 11.1. The normalized spacial score (nSPS) is 10.9. The molecule has 0 radical (unpaired) electrons. The number of rotatable bonds is 7. The fourth-order valence-electron chi connectivity index (χ4n) is 1.90. The average Bonchev–Trinajstić information content (AvgIpc) is 2.54. The minimum atomic E-state index is -0.117. The largest absolute Gasteiger partial charge is 0.352 e. The van der Waals surface area contributed by atoms with Crippen molar-refractivity contribution in [3.05, 3.63) is 75.8 Å². The van der Waals surface area contributed by atoms with E-state index >= 15 is 0 Å². The molecule has 0 aromatic heterocycles. The zero-order chi connectivity index (χ0) is 16.5. The SMILES string of the molecule is O=C(/C=C/c1ccccc1Cl)NCCSCc1cccc(Cl)c1. The highest BCUT2D eigenvalue weighted by molar-refractivity contribution is 7.98. The zero-order valence-electron chi connectivity index (χ0n) is 12.5. The number of nitrogens with one attached hydrogen (secondary N) is 1. The molecule has 0 aliphatic rings. The molecule has 2 rings (SSSR count). The lowest BCUT2D eigenvalue weighted by molar-refractivity contribution is -0.116. The second-order valence-corrected chi connectivity index (χ2v) is 6.78. The molecule has 0 saturated carbocycles. The van der Waals surface area contributed by atoms with E-state index in [9.17, 15) is 4.79 Å². The quantitative estimate of drug-likeness (QED) is 0.548. The van der Waals surface area contributed by atoms with Crippen LogP contribution in [0.15, 0.2) is 54.6 Å². The van der Waals surface area contributed by atoms with Crippen molar-refractivity contribution >= 4 is 46.9 Å². The number of halogens is 2. The van der Waals surface area contributed by atoms with Crippen LogP contribution in [0.2, 0.25) is 10.0 Å². The van der Waals surface area contributed by atoms with Crippen molar-refractivity contribution in [1.29, 1.82) is 0 Å². The molecule has 0 bridgehead atoms. The summed E-state index contributed by atoms with van der Waals surface area (Å²) in [5.41, 5.74) is 2.02. The molecule has 0 heterocycles. The number of amides is 1. The summed E-state index contributed by atoms with van der Waals surface area (Å²) in [6.45, 7) is 0.622. The van der Waals surface area contributed by atoms with Gasteiger partial charge in [0.05, 0.1) is 0 Å². The van der Waals surface area contributed by atoms with Gasteiger partial charge in [-0.25, -0.2) is 0 Å². The summed E-state index contributed by atoms with van der Waals surface area (Å²) < 4.78 is 0. The van der Waals surface area contributed by atoms with Crippen molar-refractivity contribution in [1.82, 2.24) is 5.32 Å². The van der Waals surface area contributed by atoms with Gasteiger partial charge in [0.25, 0.3) is 0 Å². The Morgan fingerprint density at radius 2 is 1.96 bits per heavy atom. The fraction of sp³-hybridized carbons (Fsp3) is 0.167. The fourth-order valence-corrected chi connectivity index (χ4v) is 3.12. The number of thioether (sulfide) groups is 1. The van der Waals surface area contributed by atoms with E-state index in [0.29, 0.717) is 11.6 Å². The van der Waals surface area contributed by atoms with Gasteiger partial charge in [0.1, 0.15) is 0 Å². The molecule has 23 heavy (non-hydrogen) atoms. The number of hydrogen-bond acceptors (Lipinski definition) is 2. The van der Waals surface area contributed by atoms with Crippen LogP contribution in [-0.4, -0.2) is 18.2 Å². The molecule has 0 spiro atoms. The van der Waals surface area contributed by atoms with Crippen LogP contribution in [0.25, 0.3) is 6.08 Å². The van der Waals surface area contributed by atoms with Crippen LogP contribution in [0, 0.1) is 0 Å². The van der Waals surface area contributed by atoms with Crippen LogP contribution in [0.3, 0.4) is 0 Å². The van der Waals surface area contributed by atoms with E-state index in [4.69, 9.17) is 23.2 Å². The Balaban J connectivity index is 1.66. The van der Waals surface area contributed by atoms with E-state index in [2.05, 4.69) is 5.32 Å². The highest BCUT2D eigenvalue weighted by atomic mass is 35.5. The molecule has 0 atom stereocenters. The molecule has 0 aliphatic heterocycles. The standard InChI is InChI=1S/C18H17Cl2NOS/c19-16-6-3-4-14(12-16)13-23-11-10-21-18(22)9-8-15-5-1-2-7-17(15)20/h1-9,12H,10-11,13H2,(H,21,22)/b9-8+. The van der Waals surface area contributed by atoms with Crippen molar-refractivity contribution in [2.45, 2.75) is 5.75 Å². The molecular weight excluding hydrogens is 349 g/mol. The lowest BCUT2D eigenvalue weighted by Gasteiger charge is -2.04. The smallest absolute Gasteiger partial charge is 0.244 e. The van der Waals surface area contributed by atoms with Gasteiger partial charge in [0.15, 0.2) is 0 Å². The van der Waals surface area contributed by atoms with Crippen molar-refractivity contribution in [2.75, 3.05) is 12.3 Å². The van der Waals surface area contributed by atoms with Crippen LogP contribution in [0.5, 0.6) is 0 Å². The lowest BCUT2D eigenvalue weighted by Crippen LogP contribution is -2.23. The van der Waals surface area contributed by atoms with Gasteiger partial charge in [0.2, 0.25) is 5.91 Å². The third kappa shape index (κ3) is 6.69. The highest BCUT2D eigenvalue weighted by Gasteiger charge is 1.98. The Kier molecular flexibility index (Phi) is 7.53. The van der Waals surface area contributed by atoms with Gasteiger partial charge in [-0.3, -0.25) is 4.79 Å². The second-order valence-electron chi connectivity index (χ2n) is 4.83. The predicted octanol–water partition coefficient (Wildman–Crippen LogP) is 5.06. The highest BCUT2D eigenvalue weighted by Crippen LogP contribution is 2.17. The first kappa shape index (κ1) is 17.9. The number of hydrogen-bond donors (Lipinski definition) is 1. The molecule has 2 nitrogen and oxygen atoms in total. The van der Waals surface area contributed by atoms with E-state index in [1.165, 1.54) is 11.6 Å². The summed E-state index contributed by atoms with van der Waals surface area (Å²) in [6.07, 6.45) is 3.22. The van der Waals surface area contributed by atoms with E-state index in [-0.39, 0.29) is 5.91 Å². The molecule has 0 aliphatic carbocycles. The van der Waals surface area contributed by atoms with Gasteiger partial charge in [-0.1, -0.05) is 53.5 Å². The summed E-state index contributed by atoms with van der Waals surface area (Å²) in [6, 6.07) is 15.2. The zero-order valence-corrected chi connectivity index (χ0v) is 14.8. The third-order valence-corrected chi connectivity index (χ3v) is 4.63. The molecule has 2 aromatic carbocycles. The maximum absolute atomic E-state index is 11.7. The summed E-state index contributed by atoms with van der Waals surface area (Å²) in [5.74, 6) is 1.61. The maximum Gasteiger partial charge on any atom is 0.244 e. The van der Waals surface area contributed by atoms with Crippen LogP contribution in [0.4, 0.5) is 0 Å². The molecule has 0 saturated heterocycles. The summed E-state index contributed by atoms with van der Waals surface area (Å²) >= 11 is 13.7. The molecular formula is C18H17Cl2NOS. The van der Waals surface area contributed by atoms with E-state index < -0.39 is 0 Å². The molecule has 0 unspecified atom stereocenters. The van der Waals surface area contributed by atoms with Crippen molar-refractivity contribution in [3.63, 3.8) is 0 Å². The summed E-state index contributed by atoms with van der Waals surface area (Å²) in [5, 5.41) is 4.24. The van der Waals surface area contributed by atoms with Gasteiger partial charge in [-0.05, 0) is 35.4 Å². The van der Waals surface area contributed by atoms with Crippen LogP contribution >= 0.6 is 35.0 Å². The van der Waals surface area contributed by atoms with E-state index in [1.54, 1.807) is 23.9 Å². The number of carbonyl (C=O) groups excluding carboxylic acids is 1. The topological polar surface area (TPSA) is 29.1 Å². The molecule has 2 aromatic rings. The third-order valence-electron chi connectivity index (χ3n) is 3.02. The lowest BCUT2D eigenvalue weighted by atomic mass is 10.2. The Hall–Kier alpha value is -1.42. The van der Waals surface area contributed by atoms with Gasteiger partial charge >= 0.3 is 0 Å². The van der Waals surface area contributed by atoms with Gasteiger partial charge in [-0.2, -0.15) is 11.8 Å². The van der Waals surface area contributed by atoms with Crippen LogP contribution < -0.4 is 5.32 Å². The second kappa shape index (κ2) is 9.66. The summed E-state index contributed by atoms with van der Waals surface area (Å²) in [7, 11) is 0. The Bertz CT molecular complexity index is 688. The first-order valence-corrected chi connectivity index (χ1v) is 9.09. The van der Waals surface area contributed by atoms with Crippen LogP contribution in [-0.2, 0) is 10.5 Å². The molecule has 5 heteroatoms. The first-order valence-electron chi connectivity index (χ1n) is 7.18. The van der Waals surface area contributed by atoms with Crippen molar-refractivity contribution < 1.29 is 4.79 Å². The minimum Gasteiger partial charge on any atom is -0.352 e. The van der Waals surface area contributed by atoms with Gasteiger partial charge in [0, 0.05) is 34.2 Å². The van der Waals surface area contributed by atoms with Crippen molar-refractivity contribution in [2.24, 2.45) is 0 Å². The van der Waals surface area contributed by atoms with Crippen molar-refractivity contribution in [3.8, 4) is 0 Å². The molecule has 120 valence electrons. The molecule has 1 amide bonds. The average molecular weight is 366 g/mol. The van der Waals surface area contributed by atoms with Gasteiger partial charge in [-0.15, -0.1) is 0 Å². The number of benzene rings is 2. The Morgan fingerprint density at radius 1 is 1.13 bits per heavy atom. The molecule has 0 fully saturated rings. The monoisotopic (exact) mass is 365 g/mol. The maximum atomic E-state index is 11.7. The Labute approximate surface area is 150 Å². The predicted molar refractivity (Wildman–Crippen MR) is 101 cm³/mol. The van der Waals surface area contributed by atoms with E-state index in [0.717, 1.165) is 22.1 Å². The van der Waals surface area contributed by atoms with Crippen LogP contribution in [0.1, 0.15) is 11.1 Å².